The highest BCUT2D eigenvalue weighted by Crippen LogP contribution is 2.12. The Kier molecular flexibility index (Phi) is 7.23. The average molecular weight is 239 g/mol. The van der Waals surface area contributed by atoms with E-state index >= 15 is 0 Å². The van der Waals surface area contributed by atoms with Crippen molar-refractivity contribution in [1.82, 2.24) is 0 Å². The van der Waals surface area contributed by atoms with Gasteiger partial charge in [-0.1, -0.05) is 12.1 Å². The second kappa shape index (κ2) is 7.89. The molecule has 0 fully saturated rings. The molecule has 86 valence electrons. The zero-order valence-corrected chi connectivity index (χ0v) is 9.80. The summed E-state index contributed by atoms with van der Waals surface area (Å²) < 4.78 is 5.33. The Balaban J connectivity index is 0.00000225. The van der Waals surface area contributed by atoms with Gasteiger partial charge in [0.05, 0.1) is 24.8 Å². The summed E-state index contributed by atoms with van der Waals surface area (Å²) in [7, 11) is 0. The third-order valence-electron chi connectivity index (χ3n) is 2.05. The second-order valence-corrected chi connectivity index (χ2v) is 3.10. The predicted molar refractivity (Wildman–Crippen MR) is 66.1 cm³/mol. The fourth-order valence-electron chi connectivity index (χ4n) is 1.28. The maximum absolute atomic E-state index is 8.76. The Labute approximate surface area is 102 Å². The molecule has 3 nitrogen and oxygen atoms in total. The van der Waals surface area contributed by atoms with E-state index < -0.39 is 0 Å². The van der Waals surface area contributed by atoms with Crippen LogP contribution in [0.4, 0.5) is 0 Å². The van der Waals surface area contributed by atoms with Gasteiger partial charge in [-0.25, -0.2) is 0 Å². The minimum Gasteiger partial charge on any atom is -0.373 e. The number of nitrogens with zero attached hydrogens (tertiary/aromatic N) is 1. The lowest BCUT2D eigenvalue weighted by atomic mass is 10.1. The quantitative estimate of drug-likeness (QED) is 0.632. The molecule has 0 unspecified atom stereocenters. The molecule has 0 aliphatic rings. The number of hydrogen-bond donors (Lipinski definition) is 1. The molecule has 0 atom stereocenters. The van der Waals surface area contributed by atoms with Crippen molar-refractivity contribution >= 4 is 12.4 Å². The first kappa shape index (κ1) is 14.7. The van der Waals surface area contributed by atoms with E-state index in [1.165, 1.54) is 0 Å². The lowest BCUT2D eigenvalue weighted by molar-refractivity contribution is 0.148. The lowest BCUT2D eigenvalue weighted by Gasteiger charge is -2.07. The highest BCUT2D eigenvalue weighted by Gasteiger charge is 2.02. The average Bonchev–Trinajstić information content (AvgIpc) is 2.29. The molecule has 1 aromatic rings. The number of rotatable bonds is 5. The van der Waals surface area contributed by atoms with Crippen molar-refractivity contribution in [1.29, 1.82) is 5.26 Å². The van der Waals surface area contributed by atoms with Crippen molar-refractivity contribution in [3.05, 3.63) is 47.5 Å². The van der Waals surface area contributed by atoms with Crippen LogP contribution < -0.4 is 5.73 Å². The first-order valence-corrected chi connectivity index (χ1v) is 4.72. The smallest absolute Gasteiger partial charge is 0.0991 e. The zero-order chi connectivity index (χ0) is 11.1. The van der Waals surface area contributed by atoms with Gasteiger partial charge < -0.3 is 10.5 Å². The van der Waals surface area contributed by atoms with Gasteiger partial charge in [-0.15, -0.1) is 19.0 Å². The maximum Gasteiger partial charge on any atom is 0.0991 e. The molecule has 1 rings (SSSR count). The molecule has 0 heterocycles. The third-order valence-corrected chi connectivity index (χ3v) is 2.05. The summed E-state index contributed by atoms with van der Waals surface area (Å²) in [5, 5.41) is 8.76. The topological polar surface area (TPSA) is 59.0 Å². The highest BCUT2D eigenvalue weighted by molar-refractivity contribution is 5.85. The van der Waals surface area contributed by atoms with Crippen LogP contribution in [-0.4, -0.2) is 6.61 Å². The van der Waals surface area contributed by atoms with Crippen LogP contribution in [0, 0.1) is 11.3 Å². The summed E-state index contributed by atoms with van der Waals surface area (Å²) in [6, 6.07) is 7.53. The van der Waals surface area contributed by atoms with E-state index in [-0.39, 0.29) is 12.4 Å². The standard InChI is InChI=1S/C12H14N2O.ClH/c1-2-5-15-9-12-6-10(7-13)3-4-11(12)8-14;/h2-4,6H,1,5,8-9,14H2;1H. The molecular formula is C12H15ClN2O. The van der Waals surface area contributed by atoms with E-state index in [4.69, 9.17) is 15.7 Å². The molecule has 0 spiro atoms. The number of benzene rings is 1. The zero-order valence-electron chi connectivity index (χ0n) is 8.98. The van der Waals surface area contributed by atoms with Gasteiger partial charge in [-0.3, -0.25) is 0 Å². The third kappa shape index (κ3) is 4.03. The molecule has 16 heavy (non-hydrogen) atoms. The SMILES string of the molecule is C=CCOCc1cc(C#N)ccc1CN.Cl. The Morgan fingerprint density at radius 2 is 2.19 bits per heavy atom. The van der Waals surface area contributed by atoms with Gasteiger partial charge in [-0.05, 0) is 23.3 Å². The van der Waals surface area contributed by atoms with Crippen molar-refractivity contribution in [2.24, 2.45) is 5.73 Å². The van der Waals surface area contributed by atoms with Crippen LogP contribution in [0.3, 0.4) is 0 Å². The van der Waals surface area contributed by atoms with Crippen LogP contribution in [0.1, 0.15) is 16.7 Å². The molecule has 0 aliphatic heterocycles. The summed E-state index contributed by atoms with van der Waals surface area (Å²) >= 11 is 0. The molecule has 0 bridgehead atoms. The molecule has 0 saturated carbocycles. The van der Waals surface area contributed by atoms with Crippen LogP contribution in [0.2, 0.25) is 0 Å². The molecule has 2 N–H and O–H groups in total. The van der Waals surface area contributed by atoms with E-state index in [0.29, 0.717) is 25.3 Å². The van der Waals surface area contributed by atoms with Crippen molar-refractivity contribution in [3.8, 4) is 6.07 Å². The van der Waals surface area contributed by atoms with Gasteiger partial charge in [0.2, 0.25) is 0 Å². The maximum atomic E-state index is 8.76. The van der Waals surface area contributed by atoms with Gasteiger partial charge in [0, 0.05) is 6.54 Å². The van der Waals surface area contributed by atoms with E-state index in [2.05, 4.69) is 12.6 Å². The fourth-order valence-corrected chi connectivity index (χ4v) is 1.28. The van der Waals surface area contributed by atoms with Crippen LogP contribution in [-0.2, 0) is 17.9 Å². The number of nitriles is 1. The largest absolute Gasteiger partial charge is 0.373 e. The van der Waals surface area contributed by atoms with Crippen molar-refractivity contribution in [2.45, 2.75) is 13.2 Å². The molecule has 0 aromatic heterocycles. The van der Waals surface area contributed by atoms with Gasteiger partial charge in [0.1, 0.15) is 0 Å². The molecule has 0 saturated heterocycles. The summed E-state index contributed by atoms with van der Waals surface area (Å²) in [5.41, 5.74) is 8.20. The number of hydrogen-bond acceptors (Lipinski definition) is 3. The Bertz CT molecular complexity index is 385. The second-order valence-electron chi connectivity index (χ2n) is 3.10. The van der Waals surface area contributed by atoms with Crippen LogP contribution in [0.15, 0.2) is 30.9 Å². The van der Waals surface area contributed by atoms with Crippen molar-refractivity contribution in [3.63, 3.8) is 0 Å². The Morgan fingerprint density at radius 3 is 2.75 bits per heavy atom. The summed E-state index contributed by atoms with van der Waals surface area (Å²) in [6.07, 6.45) is 1.69. The Hall–Kier alpha value is -1.34. The molecule has 0 aliphatic carbocycles. The molecule has 0 amide bonds. The molecule has 4 heteroatoms. The van der Waals surface area contributed by atoms with E-state index in [0.717, 1.165) is 11.1 Å². The van der Waals surface area contributed by atoms with Gasteiger partial charge in [0.15, 0.2) is 0 Å². The fraction of sp³-hybridized carbons (Fsp3) is 0.250. The summed E-state index contributed by atoms with van der Waals surface area (Å²) in [6.45, 7) is 4.99. The monoisotopic (exact) mass is 238 g/mol. The lowest BCUT2D eigenvalue weighted by Crippen LogP contribution is -2.04. The van der Waals surface area contributed by atoms with Crippen LogP contribution >= 0.6 is 12.4 Å². The first-order valence-electron chi connectivity index (χ1n) is 4.72. The summed E-state index contributed by atoms with van der Waals surface area (Å²) in [5.74, 6) is 0. The minimum atomic E-state index is 0. The van der Waals surface area contributed by atoms with Gasteiger partial charge in [-0.2, -0.15) is 5.26 Å². The van der Waals surface area contributed by atoms with Gasteiger partial charge >= 0.3 is 0 Å². The number of nitrogens with two attached hydrogens (primary N) is 1. The molecule has 0 radical (unpaired) electrons. The highest BCUT2D eigenvalue weighted by atomic mass is 35.5. The predicted octanol–water partition coefficient (Wildman–Crippen LogP) is 2.14. The van der Waals surface area contributed by atoms with Crippen molar-refractivity contribution < 1.29 is 4.74 Å². The van der Waals surface area contributed by atoms with Crippen molar-refractivity contribution in [2.75, 3.05) is 6.61 Å². The Morgan fingerprint density at radius 1 is 1.44 bits per heavy atom. The van der Waals surface area contributed by atoms with Crippen LogP contribution in [0.25, 0.3) is 0 Å². The molecule has 1 aromatic carbocycles. The number of ether oxygens (including phenoxy) is 1. The van der Waals surface area contributed by atoms with E-state index in [1.54, 1.807) is 12.1 Å². The van der Waals surface area contributed by atoms with Gasteiger partial charge in [0.25, 0.3) is 0 Å². The van der Waals surface area contributed by atoms with Crippen LogP contribution in [0.5, 0.6) is 0 Å². The minimum absolute atomic E-state index is 0. The number of halogens is 1. The van der Waals surface area contributed by atoms with E-state index in [1.807, 2.05) is 12.1 Å². The molecular weight excluding hydrogens is 224 g/mol. The van der Waals surface area contributed by atoms with E-state index in [9.17, 15) is 0 Å². The normalized spacial score (nSPS) is 9.00. The summed E-state index contributed by atoms with van der Waals surface area (Å²) in [4.78, 5) is 0. The first-order chi connectivity index (χ1) is 7.31.